The summed E-state index contributed by atoms with van der Waals surface area (Å²) in [6.45, 7) is 5.45. The second-order valence-corrected chi connectivity index (χ2v) is 4.78. The highest BCUT2D eigenvalue weighted by atomic mass is 16.5. The van der Waals surface area contributed by atoms with Crippen LogP contribution in [0.1, 0.15) is 12.7 Å². The van der Waals surface area contributed by atoms with E-state index in [2.05, 4.69) is 11.6 Å². The van der Waals surface area contributed by atoms with E-state index in [0.717, 1.165) is 5.57 Å². The van der Waals surface area contributed by atoms with Crippen LogP contribution < -0.4 is 5.56 Å². The maximum atomic E-state index is 12.5. The summed E-state index contributed by atoms with van der Waals surface area (Å²) in [4.78, 5) is 27.4. The number of nitrogens with zero attached hydrogens (tertiary/aromatic N) is 2. The third kappa shape index (κ3) is 3.55. The highest BCUT2D eigenvalue weighted by Crippen LogP contribution is 2.10. The van der Waals surface area contributed by atoms with Crippen molar-refractivity contribution in [2.24, 2.45) is 0 Å². The Morgan fingerprint density at radius 3 is 2.81 bits per heavy atom. The maximum absolute atomic E-state index is 12.5. The molecule has 0 radical (unpaired) electrons. The van der Waals surface area contributed by atoms with E-state index in [1.807, 2.05) is 6.92 Å². The van der Waals surface area contributed by atoms with E-state index in [1.54, 1.807) is 24.3 Å². The molecular formula is C15H16N2O4. The second-order valence-electron chi connectivity index (χ2n) is 4.78. The molecule has 6 heteroatoms. The van der Waals surface area contributed by atoms with Gasteiger partial charge in [0.1, 0.15) is 19.0 Å². The van der Waals surface area contributed by atoms with Crippen molar-refractivity contribution < 1.29 is 14.6 Å². The Kier molecular flexibility index (Phi) is 4.49. The molecule has 0 aliphatic rings. The zero-order valence-corrected chi connectivity index (χ0v) is 11.7. The molecule has 0 atom stereocenters. The molecule has 1 heterocycles. The molecule has 0 unspecified atom stereocenters. The van der Waals surface area contributed by atoms with Crippen LogP contribution in [0.3, 0.4) is 0 Å². The number of para-hydroxylation sites is 1. The zero-order chi connectivity index (χ0) is 15.4. The van der Waals surface area contributed by atoms with E-state index in [9.17, 15) is 9.59 Å². The van der Waals surface area contributed by atoms with E-state index in [1.165, 1.54) is 4.57 Å². The summed E-state index contributed by atoms with van der Waals surface area (Å²) < 4.78 is 6.52. The molecule has 0 saturated heterocycles. The number of carboxylic acids is 1. The number of hydrogen-bond donors (Lipinski definition) is 1. The average molecular weight is 288 g/mol. The van der Waals surface area contributed by atoms with Gasteiger partial charge in [0.05, 0.1) is 10.9 Å². The van der Waals surface area contributed by atoms with Gasteiger partial charge in [-0.25, -0.2) is 9.78 Å². The number of allylic oxidation sites excluding steroid dienone is 1. The van der Waals surface area contributed by atoms with Crippen molar-refractivity contribution in [3.8, 4) is 0 Å². The molecule has 1 aromatic carbocycles. The van der Waals surface area contributed by atoms with Crippen LogP contribution in [-0.2, 0) is 22.7 Å². The first kappa shape index (κ1) is 14.9. The van der Waals surface area contributed by atoms with Gasteiger partial charge in [-0.05, 0) is 19.1 Å². The summed E-state index contributed by atoms with van der Waals surface area (Å²) in [5, 5.41) is 9.12. The number of carboxylic acid groups (broad SMARTS) is 1. The van der Waals surface area contributed by atoms with Crippen molar-refractivity contribution >= 4 is 16.9 Å². The number of hydrogen-bond acceptors (Lipinski definition) is 4. The molecule has 0 spiro atoms. The van der Waals surface area contributed by atoms with Crippen LogP contribution in [0.5, 0.6) is 0 Å². The average Bonchev–Trinajstić information content (AvgIpc) is 2.42. The van der Waals surface area contributed by atoms with Crippen molar-refractivity contribution in [3.05, 3.63) is 52.6 Å². The number of benzene rings is 1. The molecule has 1 N–H and O–H groups in total. The molecule has 0 aliphatic heterocycles. The van der Waals surface area contributed by atoms with Gasteiger partial charge < -0.3 is 9.84 Å². The van der Waals surface area contributed by atoms with Crippen molar-refractivity contribution in [1.29, 1.82) is 0 Å². The molecule has 6 nitrogen and oxygen atoms in total. The van der Waals surface area contributed by atoms with Gasteiger partial charge in [-0.2, -0.15) is 0 Å². The molecule has 110 valence electrons. The summed E-state index contributed by atoms with van der Waals surface area (Å²) in [5.74, 6) is -0.674. The van der Waals surface area contributed by atoms with Crippen LogP contribution in [0.15, 0.2) is 41.2 Å². The molecule has 1 aromatic heterocycles. The first-order valence-corrected chi connectivity index (χ1v) is 6.41. The van der Waals surface area contributed by atoms with Gasteiger partial charge in [-0.3, -0.25) is 9.36 Å². The monoisotopic (exact) mass is 288 g/mol. The summed E-state index contributed by atoms with van der Waals surface area (Å²) in [5.41, 5.74) is 1.18. The Labute approximate surface area is 121 Å². The molecule has 0 aliphatic carbocycles. The quantitative estimate of drug-likeness (QED) is 0.816. The second kappa shape index (κ2) is 6.32. The van der Waals surface area contributed by atoms with Crippen LogP contribution in [0.25, 0.3) is 10.9 Å². The third-order valence-corrected chi connectivity index (χ3v) is 2.83. The normalized spacial score (nSPS) is 10.7. The maximum Gasteiger partial charge on any atom is 0.329 e. The third-order valence-electron chi connectivity index (χ3n) is 2.83. The first-order chi connectivity index (χ1) is 9.99. The summed E-state index contributed by atoms with van der Waals surface area (Å²) in [6, 6.07) is 7.01. The molecule has 21 heavy (non-hydrogen) atoms. The number of carbonyl (C=O) groups is 1. The number of aliphatic carboxylic acids is 1. The predicted octanol–water partition coefficient (Wildman–Crippen LogP) is 1.57. The van der Waals surface area contributed by atoms with E-state index < -0.39 is 12.6 Å². The minimum Gasteiger partial charge on any atom is -0.480 e. The van der Waals surface area contributed by atoms with Gasteiger partial charge in [0.2, 0.25) is 0 Å². The Bertz CT molecular complexity index is 749. The van der Waals surface area contributed by atoms with Gasteiger partial charge in [0.25, 0.3) is 5.56 Å². The molecule has 2 rings (SSSR count). The van der Waals surface area contributed by atoms with Crippen molar-refractivity contribution in [3.63, 3.8) is 0 Å². The Hall–Kier alpha value is -2.47. The highest BCUT2D eigenvalue weighted by Gasteiger charge is 2.11. The number of fused-ring (bicyclic) bond motifs is 1. The summed E-state index contributed by atoms with van der Waals surface area (Å²) in [7, 11) is 0. The van der Waals surface area contributed by atoms with Crippen LogP contribution in [-0.4, -0.2) is 27.2 Å². The molecule has 0 amide bonds. The SMILES string of the molecule is C=C(C)Cn1c(COCC(=O)O)nc2ccccc2c1=O. The molecule has 2 aromatic rings. The molecule has 0 fully saturated rings. The zero-order valence-electron chi connectivity index (χ0n) is 11.7. The fraction of sp³-hybridized carbons (Fsp3) is 0.267. The van der Waals surface area contributed by atoms with Gasteiger partial charge >= 0.3 is 5.97 Å². The van der Waals surface area contributed by atoms with E-state index in [-0.39, 0.29) is 12.2 Å². The molecule has 0 saturated carbocycles. The summed E-state index contributed by atoms with van der Waals surface area (Å²) in [6.07, 6.45) is 0. The number of aromatic nitrogens is 2. The Morgan fingerprint density at radius 1 is 1.43 bits per heavy atom. The fourth-order valence-corrected chi connectivity index (χ4v) is 1.99. The van der Waals surface area contributed by atoms with Crippen molar-refractivity contribution in [2.45, 2.75) is 20.1 Å². The number of ether oxygens (including phenoxy) is 1. The van der Waals surface area contributed by atoms with Crippen LogP contribution >= 0.6 is 0 Å². The van der Waals surface area contributed by atoms with Crippen LogP contribution in [0.2, 0.25) is 0 Å². The highest BCUT2D eigenvalue weighted by molar-refractivity contribution is 5.77. The van der Waals surface area contributed by atoms with Crippen LogP contribution in [0, 0.1) is 0 Å². The standard InChI is InChI=1S/C15H16N2O4/c1-10(2)7-17-13(8-21-9-14(18)19)16-12-6-4-3-5-11(12)15(17)20/h3-6H,1,7-9H2,2H3,(H,18,19). The first-order valence-electron chi connectivity index (χ1n) is 6.41. The van der Waals surface area contributed by atoms with E-state index >= 15 is 0 Å². The van der Waals surface area contributed by atoms with Gasteiger partial charge in [-0.1, -0.05) is 24.3 Å². The van der Waals surface area contributed by atoms with Gasteiger partial charge in [0.15, 0.2) is 0 Å². The van der Waals surface area contributed by atoms with E-state index in [4.69, 9.17) is 9.84 Å². The van der Waals surface area contributed by atoms with Crippen molar-refractivity contribution in [2.75, 3.05) is 6.61 Å². The minimum absolute atomic E-state index is 0.0420. The molecule has 0 bridgehead atoms. The predicted molar refractivity (Wildman–Crippen MR) is 78.1 cm³/mol. The largest absolute Gasteiger partial charge is 0.480 e. The lowest BCUT2D eigenvalue weighted by Gasteiger charge is -2.13. The van der Waals surface area contributed by atoms with Crippen LogP contribution in [0.4, 0.5) is 0 Å². The summed E-state index contributed by atoms with van der Waals surface area (Å²) >= 11 is 0. The lowest BCUT2D eigenvalue weighted by molar-refractivity contribution is -0.142. The Morgan fingerprint density at radius 2 is 2.14 bits per heavy atom. The minimum atomic E-state index is -1.07. The molecular weight excluding hydrogens is 272 g/mol. The van der Waals surface area contributed by atoms with Crippen molar-refractivity contribution in [1.82, 2.24) is 9.55 Å². The Balaban J connectivity index is 2.47. The number of rotatable bonds is 6. The van der Waals surface area contributed by atoms with Gasteiger partial charge in [0, 0.05) is 6.54 Å². The smallest absolute Gasteiger partial charge is 0.329 e. The lowest BCUT2D eigenvalue weighted by atomic mass is 10.2. The van der Waals surface area contributed by atoms with Gasteiger partial charge in [-0.15, -0.1) is 0 Å². The fourth-order valence-electron chi connectivity index (χ4n) is 1.99. The topological polar surface area (TPSA) is 81.4 Å². The lowest BCUT2D eigenvalue weighted by Crippen LogP contribution is -2.26. The van der Waals surface area contributed by atoms with E-state index in [0.29, 0.717) is 23.3 Å².